The molecule has 0 saturated heterocycles. The minimum Gasteiger partial charge on any atom is -0.478 e. The molecule has 2 aromatic rings. The minimum atomic E-state index is -4.41. The summed E-state index contributed by atoms with van der Waals surface area (Å²) in [5.74, 6) is -1.08. The number of nitrogens with zero attached hydrogens (tertiary/aromatic N) is 1. The fourth-order valence-electron chi connectivity index (χ4n) is 1.70. The second-order valence-corrected chi connectivity index (χ2v) is 4.38. The highest BCUT2D eigenvalue weighted by Gasteiger charge is 2.30. The summed E-state index contributed by atoms with van der Waals surface area (Å²) in [6.07, 6.45) is -3.18. The number of hydrogen-bond donors (Lipinski definition) is 2. The Kier molecular flexibility index (Phi) is 4.45. The fourth-order valence-corrected chi connectivity index (χ4v) is 1.70. The molecule has 0 aliphatic heterocycles. The van der Waals surface area contributed by atoms with E-state index in [2.05, 4.69) is 10.5 Å². The van der Waals surface area contributed by atoms with Gasteiger partial charge in [-0.1, -0.05) is 18.2 Å². The van der Waals surface area contributed by atoms with E-state index in [9.17, 15) is 18.0 Å². The Morgan fingerprint density at radius 3 is 2.55 bits per heavy atom. The van der Waals surface area contributed by atoms with E-state index in [4.69, 9.17) is 5.11 Å². The fraction of sp³-hybridized carbons (Fsp3) is 0.0667. The van der Waals surface area contributed by atoms with Gasteiger partial charge in [-0.05, 0) is 35.9 Å². The van der Waals surface area contributed by atoms with E-state index >= 15 is 0 Å². The summed E-state index contributed by atoms with van der Waals surface area (Å²) in [5, 5.41) is 12.6. The molecule has 4 nitrogen and oxygen atoms in total. The SMILES string of the molecule is O=C(O)c1cccc(N/N=C\c2cccc(C(F)(F)F)c2)c1. The van der Waals surface area contributed by atoms with Crippen molar-refractivity contribution in [2.24, 2.45) is 5.10 Å². The maximum atomic E-state index is 12.6. The Labute approximate surface area is 123 Å². The molecule has 0 spiro atoms. The van der Waals surface area contributed by atoms with Crippen LogP contribution in [0.3, 0.4) is 0 Å². The van der Waals surface area contributed by atoms with Crippen LogP contribution < -0.4 is 5.43 Å². The van der Waals surface area contributed by atoms with E-state index in [-0.39, 0.29) is 11.1 Å². The van der Waals surface area contributed by atoms with Crippen LogP contribution >= 0.6 is 0 Å². The van der Waals surface area contributed by atoms with Crippen molar-refractivity contribution in [3.05, 3.63) is 65.2 Å². The molecule has 0 bridgehead atoms. The molecule has 0 amide bonds. The van der Waals surface area contributed by atoms with E-state index in [0.717, 1.165) is 12.1 Å². The number of hydrazone groups is 1. The number of nitrogens with one attached hydrogen (secondary N) is 1. The number of rotatable bonds is 4. The largest absolute Gasteiger partial charge is 0.478 e. The summed E-state index contributed by atoms with van der Waals surface area (Å²) in [4.78, 5) is 10.8. The van der Waals surface area contributed by atoms with Gasteiger partial charge in [0.05, 0.1) is 23.0 Å². The lowest BCUT2D eigenvalue weighted by Crippen LogP contribution is -2.05. The topological polar surface area (TPSA) is 61.7 Å². The smallest absolute Gasteiger partial charge is 0.416 e. The van der Waals surface area contributed by atoms with Crippen molar-refractivity contribution in [3.8, 4) is 0 Å². The van der Waals surface area contributed by atoms with E-state index < -0.39 is 17.7 Å². The quantitative estimate of drug-likeness (QED) is 0.666. The molecule has 0 fully saturated rings. The number of carbonyl (C=O) groups is 1. The Balaban J connectivity index is 2.10. The summed E-state index contributed by atoms with van der Waals surface area (Å²) in [6.45, 7) is 0. The third-order valence-electron chi connectivity index (χ3n) is 2.73. The zero-order valence-corrected chi connectivity index (χ0v) is 11.1. The Bertz CT molecular complexity index is 712. The van der Waals surface area contributed by atoms with Crippen LogP contribution in [-0.2, 0) is 6.18 Å². The predicted octanol–water partition coefficient (Wildman–Crippen LogP) is 3.85. The van der Waals surface area contributed by atoms with Crippen molar-refractivity contribution in [1.29, 1.82) is 0 Å². The Morgan fingerprint density at radius 2 is 1.86 bits per heavy atom. The van der Waals surface area contributed by atoms with Gasteiger partial charge >= 0.3 is 12.1 Å². The number of halogens is 3. The second kappa shape index (κ2) is 6.30. The molecule has 0 aromatic heterocycles. The molecule has 22 heavy (non-hydrogen) atoms. The number of anilines is 1. The van der Waals surface area contributed by atoms with E-state index in [1.807, 2.05) is 0 Å². The van der Waals surface area contributed by atoms with Crippen LogP contribution in [0, 0.1) is 0 Å². The molecule has 0 atom stereocenters. The molecule has 2 rings (SSSR count). The van der Waals surface area contributed by atoms with Gasteiger partial charge in [0.25, 0.3) is 0 Å². The predicted molar refractivity (Wildman–Crippen MR) is 76.1 cm³/mol. The first-order valence-electron chi connectivity index (χ1n) is 6.16. The number of hydrogen-bond acceptors (Lipinski definition) is 3. The Hall–Kier alpha value is -2.83. The summed E-state index contributed by atoms with van der Waals surface area (Å²) < 4.78 is 37.7. The molecule has 0 saturated carbocycles. The molecular weight excluding hydrogens is 297 g/mol. The molecule has 0 aliphatic rings. The minimum absolute atomic E-state index is 0.0827. The van der Waals surface area contributed by atoms with Crippen molar-refractivity contribution in [2.45, 2.75) is 6.18 Å². The van der Waals surface area contributed by atoms with Crippen molar-refractivity contribution in [3.63, 3.8) is 0 Å². The van der Waals surface area contributed by atoms with Crippen molar-refractivity contribution >= 4 is 17.9 Å². The van der Waals surface area contributed by atoms with E-state index in [0.29, 0.717) is 5.69 Å². The average Bonchev–Trinajstić information content (AvgIpc) is 2.47. The molecule has 114 valence electrons. The Morgan fingerprint density at radius 1 is 1.14 bits per heavy atom. The van der Waals surface area contributed by atoms with Crippen LogP contribution in [0.25, 0.3) is 0 Å². The highest BCUT2D eigenvalue weighted by atomic mass is 19.4. The molecule has 0 unspecified atom stereocenters. The molecule has 0 aliphatic carbocycles. The summed E-state index contributed by atoms with van der Waals surface area (Å²) in [6, 6.07) is 10.6. The van der Waals surface area contributed by atoms with Crippen LogP contribution in [0.5, 0.6) is 0 Å². The van der Waals surface area contributed by atoms with E-state index in [1.54, 1.807) is 6.07 Å². The lowest BCUT2D eigenvalue weighted by molar-refractivity contribution is -0.137. The van der Waals surface area contributed by atoms with Gasteiger partial charge < -0.3 is 5.11 Å². The van der Waals surface area contributed by atoms with Crippen LogP contribution in [0.2, 0.25) is 0 Å². The zero-order valence-electron chi connectivity index (χ0n) is 11.1. The third kappa shape index (κ3) is 4.08. The number of aromatic carboxylic acids is 1. The molecule has 2 aromatic carbocycles. The van der Waals surface area contributed by atoms with Crippen LogP contribution in [0.1, 0.15) is 21.5 Å². The normalized spacial score (nSPS) is 11.6. The van der Waals surface area contributed by atoms with Crippen LogP contribution in [-0.4, -0.2) is 17.3 Å². The highest BCUT2D eigenvalue weighted by Crippen LogP contribution is 2.29. The van der Waals surface area contributed by atoms with Gasteiger partial charge in [0.15, 0.2) is 0 Å². The molecule has 0 radical (unpaired) electrons. The van der Waals surface area contributed by atoms with Gasteiger partial charge in [0, 0.05) is 0 Å². The van der Waals surface area contributed by atoms with Gasteiger partial charge in [-0.25, -0.2) is 4.79 Å². The van der Waals surface area contributed by atoms with Gasteiger partial charge in [-0.15, -0.1) is 0 Å². The molecule has 0 heterocycles. The third-order valence-corrected chi connectivity index (χ3v) is 2.73. The van der Waals surface area contributed by atoms with Gasteiger partial charge in [-0.2, -0.15) is 18.3 Å². The molecule has 2 N–H and O–H groups in total. The van der Waals surface area contributed by atoms with Gasteiger partial charge in [0.2, 0.25) is 0 Å². The van der Waals surface area contributed by atoms with Crippen LogP contribution in [0.15, 0.2) is 53.6 Å². The lowest BCUT2D eigenvalue weighted by atomic mass is 10.1. The molecular formula is C15H11F3N2O2. The van der Waals surface area contributed by atoms with Gasteiger partial charge in [-0.3, -0.25) is 5.43 Å². The van der Waals surface area contributed by atoms with Crippen molar-refractivity contribution < 1.29 is 23.1 Å². The average molecular weight is 308 g/mol. The van der Waals surface area contributed by atoms with Crippen molar-refractivity contribution in [2.75, 3.05) is 5.43 Å². The maximum Gasteiger partial charge on any atom is 0.416 e. The maximum absolute atomic E-state index is 12.6. The van der Waals surface area contributed by atoms with Gasteiger partial charge in [0.1, 0.15) is 0 Å². The summed E-state index contributed by atoms with van der Waals surface area (Å²) in [5.41, 5.74) is 2.59. The van der Waals surface area contributed by atoms with Crippen LogP contribution in [0.4, 0.5) is 18.9 Å². The standard InChI is InChI=1S/C15H11F3N2O2/c16-15(17,18)12-5-1-3-10(7-12)9-19-20-13-6-2-4-11(8-13)14(21)22/h1-9,20H,(H,21,22)/b19-9-. The number of carboxylic acids is 1. The van der Waals surface area contributed by atoms with E-state index in [1.165, 1.54) is 36.5 Å². The first-order valence-corrected chi connectivity index (χ1v) is 6.16. The summed E-state index contributed by atoms with van der Waals surface area (Å²) >= 11 is 0. The number of carboxylic acid groups (broad SMARTS) is 1. The lowest BCUT2D eigenvalue weighted by Gasteiger charge is -2.06. The molecule has 7 heteroatoms. The highest BCUT2D eigenvalue weighted by molar-refractivity contribution is 5.88. The van der Waals surface area contributed by atoms with Crippen molar-refractivity contribution in [1.82, 2.24) is 0 Å². The first kappa shape index (κ1) is 15.6. The number of alkyl halides is 3. The number of benzene rings is 2. The monoisotopic (exact) mass is 308 g/mol. The summed E-state index contributed by atoms with van der Waals surface area (Å²) in [7, 11) is 0. The first-order chi connectivity index (χ1) is 10.4. The second-order valence-electron chi connectivity index (χ2n) is 4.38. The zero-order chi connectivity index (χ0) is 16.2.